The molecule has 0 radical (unpaired) electrons. The first kappa shape index (κ1) is 23.2. The lowest BCUT2D eigenvalue weighted by Crippen LogP contribution is -2.49. The standard InChI is InChI=1S/C21H28N6O5S/c1-15-23-19(14-20(24-15)26-9-11-32-12-10-26)25-5-7-27(8-6-25)33(29,30)16-3-4-18(31-2)17(13-16)21(22)28/h3-4,13-14H,5-12H2,1-2H3,(H2,22,28). The minimum absolute atomic E-state index is 0.0121. The average Bonchev–Trinajstić information content (AvgIpc) is 2.83. The van der Waals surface area contributed by atoms with Crippen molar-refractivity contribution in [2.24, 2.45) is 5.73 Å². The maximum absolute atomic E-state index is 13.2. The fourth-order valence-electron chi connectivity index (χ4n) is 4.00. The Morgan fingerprint density at radius 2 is 1.61 bits per heavy atom. The highest BCUT2D eigenvalue weighted by atomic mass is 32.2. The van der Waals surface area contributed by atoms with Gasteiger partial charge < -0.3 is 25.0 Å². The molecule has 178 valence electrons. The Hall–Kier alpha value is -2.96. The van der Waals surface area contributed by atoms with E-state index >= 15 is 0 Å². The van der Waals surface area contributed by atoms with Gasteiger partial charge in [-0.15, -0.1) is 0 Å². The van der Waals surface area contributed by atoms with Gasteiger partial charge in [0.25, 0.3) is 5.91 Å². The van der Waals surface area contributed by atoms with Gasteiger partial charge >= 0.3 is 0 Å². The predicted octanol–water partition coefficient (Wildman–Crippen LogP) is 0.240. The van der Waals surface area contributed by atoms with Crippen molar-refractivity contribution in [1.82, 2.24) is 14.3 Å². The molecule has 0 aliphatic carbocycles. The van der Waals surface area contributed by atoms with E-state index in [2.05, 4.69) is 19.8 Å². The molecule has 1 aromatic carbocycles. The second-order valence-corrected chi connectivity index (χ2v) is 9.79. The van der Waals surface area contributed by atoms with Gasteiger partial charge in [0.15, 0.2) is 0 Å². The Kier molecular flexibility index (Phi) is 6.68. The van der Waals surface area contributed by atoms with Crippen LogP contribution in [0.5, 0.6) is 5.75 Å². The fourth-order valence-corrected chi connectivity index (χ4v) is 5.45. The largest absolute Gasteiger partial charge is 0.496 e. The van der Waals surface area contributed by atoms with Crippen LogP contribution in [0.3, 0.4) is 0 Å². The summed E-state index contributed by atoms with van der Waals surface area (Å²) in [7, 11) is -2.40. The number of carbonyl (C=O) groups is 1. The SMILES string of the molecule is COc1ccc(S(=O)(=O)N2CCN(c3cc(N4CCOCC4)nc(C)n3)CC2)cc1C(N)=O. The minimum Gasteiger partial charge on any atom is -0.496 e. The van der Waals surface area contributed by atoms with E-state index in [1.807, 2.05) is 13.0 Å². The van der Waals surface area contributed by atoms with E-state index in [1.165, 1.54) is 29.6 Å². The third kappa shape index (κ3) is 4.87. The van der Waals surface area contributed by atoms with Crippen molar-refractivity contribution in [1.29, 1.82) is 0 Å². The zero-order valence-electron chi connectivity index (χ0n) is 18.7. The van der Waals surface area contributed by atoms with Crippen LogP contribution >= 0.6 is 0 Å². The molecule has 0 unspecified atom stereocenters. The van der Waals surface area contributed by atoms with Crippen molar-refractivity contribution in [2.45, 2.75) is 11.8 Å². The van der Waals surface area contributed by atoms with Gasteiger partial charge in [-0.25, -0.2) is 18.4 Å². The number of aryl methyl sites for hydroxylation is 1. The van der Waals surface area contributed by atoms with E-state index in [4.69, 9.17) is 15.2 Å². The minimum atomic E-state index is -3.79. The number of hydrogen-bond donors (Lipinski definition) is 1. The monoisotopic (exact) mass is 476 g/mol. The molecular formula is C21H28N6O5S. The lowest BCUT2D eigenvalue weighted by Gasteiger charge is -2.35. The van der Waals surface area contributed by atoms with Crippen LogP contribution < -0.4 is 20.3 Å². The van der Waals surface area contributed by atoms with Gasteiger partial charge in [-0.2, -0.15) is 4.31 Å². The van der Waals surface area contributed by atoms with Gasteiger partial charge in [0.05, 0.1) is 30.8 Å². The summed E-state index contributed by atoms with van der Waals surface area (Å²) in [6.45, 7) is 6.28. The number of aromatic nitrogens is 2. The number of rotatable bonds is 6. The maximum atomic E-state index is 13.2. The molecule has 2 aromatic rings. The number of carbonyl (C=O) groups excluding carboxylic acids is 1. The first-order valence-corrected chi connectivity index (χ1v) is 12.1. The third-order valence-electron chi connectivity index (χ3n) is 5.78. The highest BCUT2D eigenvalue weighted by Gasteiger charge is 2.30. The van der Waals surface area contributed by atoms with E-state index in [9.17, 15) is 13.2 Å². The summed E-state index contributed by atoms with van der Waals surface area (Å²) >= 11 is 0. The first-order chi connectivity index (χ1) is 15.8. The Morgan fingerprint density at radius 3 is 2.18 bits per heavy atom. The summed E-state index contributed by atoms with van der Waals surface area (Å²) in [5, 5.41) is 0. The van der Waals surface area contributed by atoms with Crippen molar-refractivity contribution in [3.05, 3.63) is 35.7 Å². The van der Waals surface area contributed by atoms with Gasteiger partial charge in [0.1, 0.15) is 23.2 Å². The number of hydrogen-bond acceptors (Lipinski definition) is 9. The Morgan fingerprint density at radius 1 is 1.00 bits per heavy atom. The second kappa shape index (κ2) is 9.49. The summed E-state index contributed by atoms with van der Waals surface area (Å²) < 4.78 is 38.3. The van der Waals surface area contributed by atoms with E-state index in [0.29, 0.717) is 32.1 Å². The average molecular weight is 477 g/mol. The highest BCUT2D eigenvalue weighted by molar-refractivity contribution is 7.89. The zero-order chi connectivity index (χ0) is 23.6. The van der Waals surface area contributed by atoms with Crippen LogP contribution in [-0.2, 0) is 14.8 Å². The van der Waals surface area contributed by atoms with Crippen molar-refractivity contribution < 1.29 is 22.7 Å². The molecule has 2 N–H and O–H groups in total. The van der Waals surface area contributed by atoms with E-state index in [-0.39, 0.29) is 29.3 Å². The van der Waals surface area contributed by atoms with Gasteiger partial charge in [0.2, 0.25) is 10.0 Å². The molecule has 1 amide bonds. The fraction of sp³-hybridized carbons (Fsp3) is 0.476. The van der Waals surface area contributed by atoms with Gasteiger partial charge in [-0.3, -0.25) is 4.79 Å². The lowest BCUT2D eigenvalue weighted by atomic mass is 10.2. The van der Waals surface area contributed by atoms with Gasteiger partial charge in [0, 0.05) is 45.3 Å². The van der Waals surface area contributed by atoms with Crippen molar-refractivity contribution in [2.75, 3.05) is 69.4 Å². The molecule has 2 aliphatic heterocycles. The molecule has 1 aromatic heterocycles. The van der Waals surface area contributed by atoms with Crippen LogP contribution in [0.4, 0.5) is 11.6 Å². The number of nitrogens with two attached hydrogens (primary N) is 1. The molecule has 33 heavy (non-hydrogen) atoms. The van der Waals surface area contributed by atoms with Crippen molar-refractivity contribution in [3.8, 4) is 5.75 Å². The highest BCUT2D eigenvalue weighted by Crippen LogP contribution is 2.26. The number of methoxy groups -OCH3 is 1. The van der Waals surface area contributed by atoms with Crippen LogP contribution in [0.1, 0.15) is 16.2 Å². The molecule has 0 atom stereocenters. The molecule has 2 fully saturated rings. The Labute approximate surface area is 193 Å². The topological polar surface area (TPSA) is 131 Å². The summed E-state index contributed by atoms with van der Waals surface area (Å²) in [5.41, 5.74) is 5.42. The first-order valence-electron chi connectivity index (χ1n) is 10.7. The van der Waals surface area contributed by atoms with E-state index in [1.54, 1.807) is 0 Å². The molecule has 12 heteroatoms. The Bertz CT molecular complexity index is 1130. The number of anilines is 2. The van der Waals surface area contributed by atoms with Crippen LogP contribution in [0.15, 0.2) is 29.2 Å². The van der Waals surface area contributed by atoms with Crippen molar-refractivity contribution in [3.63, 3.8) is 0 Å². The lowest BCUT2D eigenvalue weighted by molar-refractivity contribution is 0.0997. The number of piperazine rings is 1. The molecular weight excluding hydrogens is 448 g/mol. The number of primary amides is 1. The number of morpholine rings is 1. The molecule has 2 saturated heterocycles. The number of sulfonamides is 1. The maximum Gasteiger partial charge on any atom is 0.252 e. The van der Waals surface area contributed by atoms with Crippen LogP contribution in [0, 0.1) is 6.92 Å². The molecule has 0 saturated carbocycles. The molecule has 0 bridgehead atoms. The van der Waals surface area contributed by atoms with Crippen LogP contribution in [0.2, 0.25) is 0 Å². The summed E-state index contributed by atoms with van der Waals surface area (Å²) in [6.07, 6.45) is 0. The molecule has 0 spiro atoms. The van der Waals surface area contributed by atoms with Crippen molar-refractivity contribution >= 4 is 27.6 Å². The summed E-state index contributed by atoms with van der Waals surface area (Å²) in [5.74, 6) is 1.79. The third-order valence-corrected chi connectivity index (χ3v) is 7.68. The predicted molar refractivity (Wildman–Crippen MR) is 122 cm³/mol. The van der Waals surface area contributed by atoms with Crippen LogP contribution in [-0.4, -0.2) is 88.2 Å². The molecule has 2 aliphatic rings. The Balaban J connectivity index is 1.49. The number of ether oxygens (including phenoxy) is 2. The number of benzene rings is 1. The van der Waals surface area contributed by atoms with Gasteiger partial charge in [-0.05, 0) is 25.1 Å². The summed E-state index contributed by atoms with van der Waals surface area (Å²) in [4.78, 5) is 25.1. The van der Waals surface area contributed by atoms with E-state index in [0.717, 1.165) is 24.7 Å². The normalized spacial score (nSPS) is 17.8. The molecule has 4 rings (SSSR count). The van der Waals surface area contributed by atoms with Gasteiger partial charge in [-0.1, -0.05) is 0 Å². The number of nitrogens with zero attached hydrogens (tertiary/aromatic N) is 5. The second-order valence-electron chi connectivity index (χ2n) is 7.85. The quantitative estimate of drug-likeness (QED) is 0.623. The summed E-state index contributed by atoms with van der Waals surface area (Å²) in [6, 6.07) is 6.09. The zero-order valence-corrected chi connectivity index (χ0v) is 19.5. The molecule has 11 nitrogen and oxygen atoms in total. The molecule has 3 heterocycles. The van der Waals surface area contributed by atoms with E-state index < -0.39 is 15.9 Å². The number of amides is 1. The smallest absolute Gasteiger partial charge is 0.252 e. The van der Waals surface area contributed by atoms with Crippen LogP contribution in [0.25, 0.3) is 0 Å².